The molecule has 160 valence electrons. The lowest BCUT2D eigenvalue weighted by atomic mass is 10.2. The molecule has 1 rings (SSSR count). The van der Waals surface area contributed by atoms with E-state index in [4.69, 9.17) is 0 Å². The molecule has 0 radical (unpaired) electrons. The van der Waals surface area contributed by atoms with Crippen LogP contribution in [0.3, 0.4) is 0 Å². The fourth-order valence-electron chi connectivity index (χ4n) is 2.39. The number of hydrogen-bond donors (Lipinski definition) is 0. The van der Waals surface area contributed by atoms with Crippen molar-refractivity contribution >= 4 is 46.2 Å². The largest absolute Gasteiger partial charge is 0.224 e. The second kappa shape index (κ2) is 8.59. The molecule has 14 heteroatoms. The number of sulfonamides is 4. The number of nitrogens with zero attached hydrogens (tertiary/aromatic N) is 2. The molecule has 0 heterocycles. The van der Waals surface area contributed by atoms with Crippen LogP contribution in [0.1, 0.15) is 5.56 Å². The molecule has 0 aliphatic heterocycles. The molecule has 0 N–H and O–H groups in total. The van der Waals surface area contributed by atoms with Crippen LogP contribution in [0.5, 0.6) is 0 Å². The third-order valence-electron chi connectivity index (χ3n) is 3.31. The Morgan fingerprint density at radius 3 is 1.54 bits per heavy atom. The van der Waals surface area contributed by atoms with Crippen LogP contribution in [0.15, 0.2) is 36.4 Å². The minimum atomic E-state index is -4.39. The summed E-state index contributed by atoms with van der Waals surface area (Å²) < 4.78 is 96.2. The van der Waals surface area contributed by atoms with Gasteiger partial charge in [-0.25, -0.2) is 33.7 Å². The van der Waals surface area contributed by atoms with Gasteiger partial charge in [0, 0.05) is 0 Å². The second-order valence-electron chi connectivity index (χ2n) is 6.07. The highest BCUT2D eigenvalue weighted by molar-refractivity contribution is 8.04. The van der Waals surface area contributed by atoms with Crippen LogP contribution in [-0.4, -0.2) is 78.7 Å². The molecule has 1 aromatic rings. The van der Waals surface area contributed by atoms with Gasteiger partial charge in [0.1, 0.15) is 0 Å². The molecular weight excluding hydrogens is 452 g/mol. The average molecular weight is 475 g/mol. The summed E-state index contributed by atoms with van der Waals surface area (Å²) in [5.74, 6) is 0. The first-order valence-corrected chi connectivity index (χ1v) is 14.9. The van der Waals surface area contributed by atoms with Crippen LogP contribution < -0.4 is 0 Å². The van der Waals surface area contributed by atoms with Gasteiger partial charge in [-0.2, -0.15) is 0 Å². The minimum Gasteiger partial charge on any atom is -0.212 e. The standard InChI is InChI=1S/C14H22N2O8S4/c1-25(17,18)15(26(2,19)20)12-14(11-10-13-8-6-5-7-9-13)16(27(3,21)22)28(4,23)24/h5-11,14H,12H2,1-4H3/b11-10+. The van der Waals surface area contributed by atoms with Gasteiger partial charge in [-0.3, -0.25) is 0 Å². The van der Waals surface area contributed by atoms with Gasteiger partial charge in [0.15, 0.2) is 0 Å². The molecule has 0 fully saturated rings. The second-order valence-corrected chi connectivity index (χ2v) is 14.1. The molecule has 1 atom stereocenters. The Morgan fingerprint density at radius 1 is 0.750 bits per heavy atom. The van der Waals surface area contributed by atoms with E-state index in [1.54, 1.807) is 30.3 Å². The topological polar surface area (TPSA) is 143 Å². The van der Waals surface area contributed by atoms with E-state index >= 15 is 0 Å². The van der Waals surface area contributed by atoms with Crippen LogP contribution in [0.4, 0.5) is 0 Å². The molecule has 28 heavy (non-hydrogen) atoms. The zero-order chi connectivity index (χ0) is 22.0. The minimum absolute atomic E-state index is 0.0589. The van der Waals surface area contributed by atoms with E-state index in [2.05, 4.69) is 0 Å². The average Bonchev–Trinajstić information content (AvgIpc) is 2.45. The Labute approximate surface area is 166 Å². The maximum atomic E-state index is 12.1. The van der Waals surface area contributed by atoms with Gasteiger partial charge in [-0.05, 0) is 5.56 Å². The molecule has 0 aliphatic carbocycles. The quantitative estimate of drug-likeness (QED) is 0.466. The van der Waals surface area contributed by atoms with Crippen LogP contribution in [-0.2, 0) is 40.1 Å². The molecule has 10 nitrogen and oxygen atoms in total. The third kappa shape index (κ3) is 7.25. The maximum absolute atomic E-state index is 12.1. The lowest BCUT2D eigenvalue weighted by molar-refractivity contribution is 0.421. The summed E-state index contributed by atoms with van der Waals surface area (Å²) in [6.45, 7) is -0.943. The van der Waals surface area contributed by atoms with E-state index < -0.39 is 52.7 Å². The van der Waals surface area contributed by atoms with Gasteiger partial charge in [0.25, 0.3) is 0 Å². The Hall–Kier alpha value is -1.32. The fourth-order valence-corrected chi connectivity index (χ4v) is 8.43. The smallest absolute Gasteiger partial charge is 0.212 e. The van der Waals surface area contributed by atoms with Gasteiger partial charge >= 0.3 is 0 Å². The van der Waals surface area contributed by atoms with Crippen molar-refractivity contribution in [2.45, 2.75) is 6.04 Å². The lowest BCUT2D eigenvalue weighted by Crippen LogP contribution is -2.50. The summed E-state index contributed by atoms with van der Waals surface area (Å²) in [6.07, 6.45) is 5.00. The van der Waals surface area contributed by atoms with Crippen LogP contribution >= 0.6 is 0 Å². The van der Waals surface area contributed by atoms with Crippen molar-refractivity contribution in [2.24, 2.45) is 0 Å². The lowest BCUT2D eigenvalue weighted by Gasteiger charge is -2.28. The van der Waals surface area contributed by atoms with Crippen molar-refractivity contribution in [1.29, 1.82) is 0 Å². The SMILES string of the molecule is CS(=O)(=O)N(CC(/C=C/c1ccccc1)N(S(C)(=O)=O)S(C)(=O)=O)S(C)(=O)=O. The molecule has 0 aromatic heterocycles. The van der Waals surface area contributed by atoms with Gasteiger partial charge < -0.3 is 0 Å². The number of benzene rings is 1. The summed E-state index contributed by atoms with van der Waals surface area (Å²) in [5.41, 5.74) is 0.569. The predicted octanol–water partition coefficient (Wildman–Crippen LogP) is -0.489. The Kier molecular flexibility index (Phi) is 7.58. The van der Waals surface area contributed by atoms with Gasteiger partial charge in [-0.1, -0.05) is 49.9 Å². The molecule has 0 bridgehead atoms. The van der Waals surface area contributed by atoms with E-state index in [1.807, 2.05) is 0 Å². The van der Waals surface area contributed by atoms with E-state index in [9.17, 15) is 33.7 Å². The first-order valence-electron chi connectivity index (χ1n) is 7.55. The van der Waals surface area contributed by atoms with E-state index in [0.29, 0.717) is 30.6 Å². The van der Waals surface area contributed by atoms with Crippen LogP contribution in [0.25, 0.3) is 6.08 Å². The summed E-state index contributed by atoms with van der Waals surface area (Å²) in [4.78, 5) is 0. The zero-order valence-corrected chi connectivity index (χ0v) is 18.9. The van der Waals surface area contributed by atoms with E-state index in [-0.39, 0.29) is 7.42 Å². The third-order valence-corrected chi connectivity index (χ3v) is 10.2. The van der Waals surface area contributed by atoms with Gasteiger partial charge in [0.05, 0.1) is 37.6 Å². The molecule has 0 saturated heterocycles. The summed E-state index contributed by atoms with van der Waals surface area (Å²) in [7, 11) is -17.4. The molecule has 1 unspecified atom stereocenters. The van der Waals surface area contributed by atoms with Gasteiger partial charge in [0.2, 0.25) is 40.1 Å². The van der Waals surface area contributed by atoms with Crippen LogP contribution in [0.2, 0.25) is 0 Å². The van der Waals surface area contributed by atoms with E-state index in [1.165, 1.54) is 6.08 Å². The monoisotopic (exact) mass is 474 g/mol. The first-order chi connectivity index (χ1) is 12.4. The fraction of sp³-hybridized carbons (Fsp3) is 0.429. The zero-order valence-electron chi connectivity index (χ0n) is 15.6. The maximum Gasteiger partial charge on any atom is 0.224 e. The summed E-state index contributed by atoms with van der Waals surface area (Å²) in [6, 6.07) is 6.74. The van der Waals surface area contributed by atoms with Crippen molar-refractivity contribution in [1.82, 2.24) is 7.42 Å². The van der Waals surface area contributed by atoms with Crippen molar-refractivity contribution < 1.29 is 33.7 Å². The molecule has 1 aromatic carbocycles. The molecule has 0 amide bonds. The summed E-state index contributed by atoms with van der Waals surface area (Å²) >= 11 is 0. The predicted molar refractivity (Wildman–Crippen MR) is 107 cm³/mol. The van der Waals surface area contributed by atoms with Crippen LogP contribution in [0, 0.1) is 0 Å². The summed E-state index contributed by atoms with van der Waals surface area (Å²) in [5, 5.41) is 0. The highest BCUT2D eigenvalue weighted by Crippen LogP contribution is 2.18. The molecule has 0 aliphatic rings. The number of rotatable bonds is 9. The van der Waals surface area contributed by atoms with Crippen molar-refractivity contribution in [3.63, 3.8) is 0 Å². The highest BCUT2D eigenvalue weighted by Gasteiger charge is 2.38. The van der Waals surface area contributed by atoms with Crippen molar-refractivity contribution in [3.05, 3.63) is 42.0 Å². The molecule has 0 saturated carbocycles. The highest BCUT2D eigenvalue weighted by atomic mass is 32.3. The normalized spacial score (nSPS) is 15.4. The van der Waals surface area contributed by atoms with Crippen molar-refractivity contribution in [3.8, 4) is 0 Å². The van der Waals surface area contributed by atoms with E-state index in [0.717, 1.165) is 6.08 Å². The van der Waals surface area contributed by atoms with Gasteiger partial charge in [-0.15, -0.1) is 0 Å². The first kappa shape index (κ1) is 24.7. The Balaban J connectivity index is 3.61. The molecule has 0 spiro atoms. The number of hydrogen-bond acceptors (Lipinski definition) is 8. The van der Waals surface area contributed by atoms with Crippen molar-refractivity contribution in [2.75, 3.05) is 31.6 Å². The molecular formula is C14H22N2O8S4. The Bertz CT molecular complexity index is 1070. The Morgan fingerprint density at radius 2 is 1.18 bits per heavy atom.